The second-order valence-corrected chi connectivity index (χ2v) is 5.26. The van der Waals surface area contributed by atoms with Crippen LogP contribution in [0.4, 0.5) is 10.5 Å². The molecule has 0 aliphatic carbocycles. The molecule has 21 heavy (non-hydrogen) atoms. The predicted octanol–water partition coefficient (Wildman–Crippen LogP) is 2.64. The monoisotopic (exact) mass is 294 g/mol. The van der Waals surface area contributed by atoms with Gasteiger partial charge in [-0.1, -0.05) is 32.0 Å². The molecule has 0 fully saturated rings. The van der Waals surface area contributed by atoms with Crippen LogP contribution in [0.1, 0.15) is 37.3 Å². The van der Waals surface area contributed by atoms with Gasteiger partial charge in [-0.15, -0.1) is 0 Å². The molecule has 0 atom stereocenters. The Bertz CT molecular complexity index is 447. The van der Waals surface area contributed by atoms with Crippen molar-refractivity contribution in [2.45, 2.75) is 33.1 Å². The standard InChI is InChI=1S/C16H26N2O3/c1-12(2)14-7-4-6-13(3)15(14)18-16(20)17-8-5-10-21-11-9-19/h4,6-7,12,19H,5,8-11H2,1-3H3,(H2,17,18,20). The van der Waals surface area contributed by atoms with Crippen LogP contribution in [-0.4, -0.2) is 37.5 Å². The van der Waals surface area contributed by atoms with Crippen LogP contribution in [0.5, 0.6) is 0 Å². The Hall–Kier alpha value is -1.59. The maximum absolute atomic E-state index is 11.9. The number of aryl methyl sites for hydroxylation is 1. The van der Waals surface area contributed by atoms with E-state index in [9.17, 15) is 4.79 Å². The number of rotatable bonds is 8. The van der Waals surface area contributed by atoms with Crippen LogP contribution in [0, 0.1) is 6.92 Å². The number of hydrogen-bond donors (Lipinski definition) is 3. The van der Waals surface area contributed by atoms with Gasteiger partial charge < -0.3 is 20.5 Å². The summed E-state index contributed by atoms with van der Waals surface area (Å²) in [6.07, 6.45) is 0.720. The predicted molar refractivity (Wildman–Crippen MR) is 84.8 cm³/mol. The lowest BCUT2D eigenvalue weighted by molar-refractivity contribution is 0.0910. The minimum absolute atomic E-state index is 0.0270. The summed E-state index contributed by atoms with van der Waals surface area (Å²) in [6.45, 7) is 7.64. The number of carbonyl (C=O) groups excluding carboxylic acids is 1. The molecule has 5 nitrogen and oxygen atoms in total. The minimum Gasteiger partial charge on any atom is -0.394 e. The smallest absolute Gasteiger partial charge is 0.319 e. The molecular formula is C16H26N2O3. The Labute approximate surface area is 126 Å². The molecule has 118 valence electrons. The lowest BCUT2D eigenvalue weighted by Crippen LogP contribution is -2.30. The van der Waals surface area contributed by atoms with E-state index in [-0.39, 0.29) is 12.6 Å². The first kappa shape index (κ1) is 17.5. The van der Waals surface area contributed by atoms with Crippen molar-refractivity contribution in [3.63, 3.8) is 0 Å². The van der Waals surface area contributed by atoms with Gasteiger partial charge in [-0.3, -0.25) is 0 Å². The lowest BCUT2D eigenvalue weighted by Gasteiger charge is -2.16. The first-order chi connectivity index (χ1) is 10.1. The summed E-state index contributed by atoms with van der Waals surface area (Å²) < 4.78 is 5.13. The second-order valence-electron chi connectivity index (χ2n) is 5.26. The molecule has 0 unspecified atom stereocenters. The summed E-state index contributed by atoms with van der Waals surface area (Å²) in [6, 6.07) is 5.83. The maximum atomic E-state index is 11.9. The molecule has 0 radical (unpaired) electrons. The van der Waals surface area contributed by atoms with Crippen molar-refractivity contribution in [1.29, 1.82) is 0 Å². The van der Waals surface area contributed by atoms with E-state index in [1.807, 2.05) is 25.1 Å². The SMILES string of the molecule is Cc1cccc(C(C)C)c1NC(=O)NCCCOCCO. The Morgan fingerprint density at radius 1 is 1.33 bits per heavy atom. The van der Waals surface area contributed by atoms with E-state index >= 15 is 0 Å². The summed E-state index contributed by atoms with van der Waals surface area (Å²) in [4.78, 5) is 11.9. The lowest BCUT2D eigenvalue weighted by atomic mass is 9.98. The van der Waals surface area contributed by atoms with E-state index in [0.717, 1.165) is 23.2 Å². The quantitative estimate of drug-likeness (QED) is 0.645. The Kier molecular flexibility index (Phi) is 7.79. The van der Waals surface area contributed by atoms with Crippen molar-refractivity contribution in [3.05, 3.63) is 29.3 Å². The summed E-state index contributed by atoms with van der Waals surface area (Å²) in [7, 11) is 0. The summed E-state index contributed by atoms with van der Waals surface area (Å²) >= 11 is 0. The molecule has 0 spiro atoms. The Morgan fingerprint density at radius 3 is 2.76 bits per heavy atom. The second kappa shape index (κ2) is 9.37. The van der Waals surface area contributed by atoms with Gasteiger partial charge in [0.05, 0.1) is 13.2 Å². The molecule has 0 aromatic heterocycles. The van der Waals surface area contributed by atoms with Gasteiger partial charge in [-0.05, 0) is 30.4 Å². The number of benzene rings is 1. The number of carbonyl (C=O) groups is 1. The fourth-order valence-corrected chi connectivity index (χ4v) is 2.04. The molecule has 0 saturated heterocycles. The topological polar surface area (TPSA) is 70.6 Å². The van der Waals surface area contributed by atoms with E-state index in [1.54, 1.807) is 0 Å². The maximum Gasteiger partial charge on any atom is 0.319 e. The number of amides is 2. The van der Waals surface area contributed by atoms with Gasteiger partial charge >= 0.3 is 6.03 Å². The zero-order valence-electron chi connectivity index (χ0n) is 13.1. The molecule has 2 amide bonds. The minimum atomic E-state index is -0.201. The molecule has 0 aliphatic heterocycles. The molecule has 1 aromatic carbocycles. The number of ether oxygens (including phenoxy) is 1. The number of para-hydroxylation sites is 1. The highest BCUT2D eigenvalue weighted by Gasteiger charge is 2.11. The highest BCUT2D eigenvalue weighted by Crippen LogP contribution is 2.27. The van der Waals surface area contributed by atoms with Crippen molar-refractivity contribution in [3.8, 4) is 0 Å². The summed E-state index contributed by atoms with van der Waals surface area (Å²) in [5, 5.41) is 14.3. The van der Waals surface area contributed by atoms with Crippen molar-refractivity contribution in [1.82, 2.24) is 5.32 Å². The number of hydrogen-bond acceptors (Lipinski definition) is 3. The van der Waals surface area contributed by atoms with E-state index in [4.69, 9.17) is 9.84 Å². The van der Waals surface area contributed by atoms with Crippen LogP contribution >= 0.6 is 0 Å². The summed E-state index contributed by atoms with van der Waals surface area (Å²) in [5.74, 6) is 0.354. The number of anilines is 1. The Balaban J connectivity index is 2.44. The number of urea groups is 1. The molecule has 0 bridgehead atoms. The molecule has 3 N–H and O–H groups in total. The van der Waals surface area contributed by atoms with E-state index in [1.165, 1.54) is 0 Å². The van der Waals surface area contributed by atoms with E-state index in [2.05, 4.69) is 24.5 Å². The fraction of sp³-hybridized carbons (Fsp3) is 0.562. The fourth-order valence-electron chi connectivity index (χ4n) is 2.04. The highest BCUT2D eigenvalue weighted by atomic mass is 16.5. The van der Waals surface area contributed by atoms with Gasteiger partial charge in [0.1, 0.15) is 0 Å². The van der Waals surface area contributed by atoms with Gasteiger partial charge in [0, 0.05) is 18.8 Å². The number of aliphatic hydroxyl groups is 1. The van der Waals surface area contributed by atoms with E-state index in [0.29, 0.717) is 25.7 Å². The van der Waals surface area contributed by atoms with Gasteiger partial charge in [0.2, 0.25) is 0 Å². The van der Waals surface area contributed by atoms with Crippen LogP contribution in [0.2, 0.25) is 0 Å². The zero-order valence-corrected chi connectivity index (χ0v) is 13.1. The van der Waals surface area contributed by atoms with Crippen molar-refractivity contribution < 1.29 is 14.6 Å². The highest BCUT2D eigenvalue weighted by molar-refractivity contribution is 5.91. The van der Waals surface area contributed by atoms with Crippen molar-refractivity contribution >= 4 is 11.7 Å². The van der Waals surface area contributed by atoms with Crippen LogP contribution < -0.4 is 10.6 Å². The van der Waals surface area contributed by atoms with Crippen molar-refractivity contribution in [2.24, 2.45) is 0 Å². The van der Waals surface area contributed by atoms with Gasteiger partial charge in [-0.2, -0.15) is 0 Å². The molecule has 0 saturated carbocycles. The van der Waals surface area contributed by atoms with Gasteiger partial charge in [0.15, 0.2) is 0 Å². The molecular weight excluding hydrogens is 268 g/mol. The third kappa shape index (κ3) is 6.14. The molecule has 1 rings (SSSR count). The normalized spacial score (nSPS) is 10.7. The van der Waals surface area contributed by atoms with Crippen LogP contribution in [0.15, 0.2) is 18.2 Å². The largest absolute Gasteiger partial charge is 0.394 e. The Morgan fingerprint density at radius 2 is 2.10 bits per heavy atom. The van der Waals surface area contributed by atoms with Crippen LogP contribution in [-0.2, 0) is 4.74 Å². The van der Waals surface area contributed by atoms with Crippen molar-refractivity contribution in [2.75, 3.05) is 31.7 Å². The third-order valence-corrected chi connectivity index (χ3v) is 3.15. The third-order valence-electron chi connectivity index (χ3n) is 3.15. The van der Waals surface area contributed by atoms with Gasteiger partial charge in [0.25, 0.3) is 0 Å². The molecule has 1 aromatic rings. The van der Waals surface area contributed by atoms with E-state index < -0.39 is 0 Å². The average molecular weight is 294 g/mol. The summed E-state index contributed by atoms with van der Waals surface area (Å²) in [5.41, 5.74) is 3.08. The number of aliphatic hydroxyl groups excluding tert-OH is 1. The molecule has 5 heteroatoms. The van der Waals surface area contributed by atoms with Crippen LogP contribution in [0.25, 0.3) is 0 Å². The number of nitrogens with one attached hydrogen (secondary N) is 2. The molecule has 0 heterocycles. The van der Waals surface area contributed by atoms with Crippen LogP contribution in [0.3, 0.4) is 0 Å². The first-order valence-electron chi connectivity index (χ1n) is 7.39. The average Bonchev–Trinajstić information content (AvgIpc) is 2.44. The first-order valence-corrected chi connectivity index (χ1v) is 7.39. The molecule has 0 aliphatic rings. The zero-order chi connectivity index (χ0) is 15.7. The van der Waals surface area contributed by atoms with Gasteiger partial charge in [-0.25, -0.2) is 4.79 Å².